The number of amides is 1. The van der Waals surface area contributed by atoms with Crippen molar-refractivity contribution in [1.29, 1.82) is 0 Å². The number of carbonyl (C=O) groups is 4. The smallest absolute Gasteiger partial charge is 0.303 e. The highest BCUT2D eigenvalue weighted by molar-refractivity contribution is 6.30. The van der Waals surface area contributed by atoms with E-state index in [1.807, 2.05) is 0 Å². The Hall–Kier alpha value is -3.22. The molecule has 0 spiro atoms. The van der Waals surface area contributed by atoms with Gasteiger partial charge in [-0.05, 0) is 13.3 Å². The number of rotatable bonds is 5. The third-order valence-electron chi connectivity index (χ3n) is 4.01. The van der Waals surface area contributed by atoms with Crippen molar-refractivity contribution in [2.75, 3.05) is 6.54 Å². The molecule has 0 unspecified atom stereocenters. The monoisotopic (exact) mass is 341 g/mol. The molecule has 0 bridgehead atoms. The number of hydrogen-bond donors (Lipinski definition) is 2. The van der Waals surface area contributed by atoms with Crippen LogP contribution in [-0.2, 0) is 4.79 Å². The quantitative estimate of drug-likeness (QED) is 0.686. The van der Waals surface area contributed by atoms with Gasteiger partial charge in [0.1, 0.15) is 5.76 Å². The third kappa shape index (κ3) is 2.84. The second-order valence-electron chi connectivity index (χ2n) is 5.69. The SMILES string of the molecule is Cc1oc2c(c1C(=O)NCCCC(=O)O)C(=O)c1ccccc1C2=O. The lowest BCUT2D eigenvalue weighted by atomic mass is 9.86. The van der Waals surface area contributed by atoms with E-state index in [4.69, 9.17) is 9.52 Å². The van der Waals surface area contributed by atoms with E-state index in [-0.39, 0.29) is 53.2 Å². The fraction of sp³-hybridized carbons (Fsp3) is 0.222. The number of fused-ring (bicyclic) bond motifs is 2. The highest BCUT2D eigenvalue weighted by atomic mass is 16.4. The van der Waals surface area contributed by atoms with Crippen molar-refractivity contribution >= 4 is 23.4 Å². The van der Waals surface area contributed by atoms with Crippen molar-refractivity contribution in [3.8, 4) is 0 Å². The summed E-state index contributed by atoms with van der Waals surface area (Å²) in [5, 5.41) is 11.2. The maximum atomic E-state index is 12.7. The molecule has 1 aromatic carbocycles. The van der Waals surface area contributed by atoms with E-state index in [0.29, 0.717) is 0 Å². The van der Waals surface area contributed by atoms with Gasteiger partial charge in [0.2, 0.25) is 5.78 Å². The first-order valence-electron chi connectivity index (χ1n) is 7.73. The van der Waals surface area contributed by atoms with Gasteiger partial charge in [0, 0.05) is 24.1 Å². The summed E-state index contributed by atoms with van der Waals surface area (Å²) in [6.45, 7) is 1.65. The molecule has 2 aromatic rings. The first-order chi connectivity index (χ1) is 11.9. The topological polar surface area (TPSA) is 114 Å². The first kappa shape index (κ1) is 16.6. The summed E-state index contributed by atoms with van der Waals surface area (Å²) in [7, 11) is 0. The second kappa shape index (κ2) is 6.35. The first-order valence-corrected chi connectivity index (χ1v) is 7.73. The molecule has 0 fully saturated rings. The van der Waals surface area contributed by atoms with Crippen LogP contribution in [0.5, 0.6) is 0 Å². The predicted octanol–water partition coefficient (Wildman–Crippen LogP) is 1.96. The number of furan rings is 1. The average molecular weight is 341 g/mol. The highest BCUT2D eigenvalue weighted by Gasteiger charge is 2.38. The molecule has 0 radical (unpaired) electrons. The Bertz CT molecular complexity index is 908. The zero-order valence-corrected chi connectivity index (χ0v) is 13.4. The Morgan fingerprint density at radius 3 is 2.40 bits per heavy atom. The predicted molar refractivity (Wildman–Crippen MR) is 86.0 cm³/mol. The van der Waals surface area contributed by atoms with E-state index in [9.17, 15) is 19.2 Å². The van der Waals surface area contributed by atoms with Gasteiger partial charge in [0.05, 0.1) is 11.1 Å². The van der Waals surface area contributed by atoms with Crippen LogP contribution in [-0.4, -0.2) is 35.1 Å². The van der Waals surface area contributed by atoms with E-state index in [1.54, 1.807) is 18.2 Å². The molecule has 1 aromatic heterocycles. The molecule has 0 saturated heterocycles. The van der Waals surface area contributed by atoms with Crippen LogP contribution in [0, 0.1) is 6.92 Å². The van der Waals surface area contributed by atoms with Gasteiger partial charge in [-0.25, -0.2) is 0 Å². The zero-order valence-electron chi connectivity index (χ0n) is 13.4. The van der Waals surface area contributed by atoms with Gasteiger partial charge < -0.3 is 14.8 Å². The van der Waals surface area contributed by atoms with Crippen molar-refractivity contribution in [2.24, 2.45) is 0 Å². The summed E-state index contributed by atoms with van der Waals surface area (Å²) in [4.78, 5) is 48.2. The maximum Gasteiger partial charge on any atom is 0.303 e. The molecule has 3 rings (SSSR count). The van der Waals surface area contributed by atoms with Crippen molar-refractivity contribution in [1.82, 2.24) is 5.32 Å². The second-order valence-corrected chi connectivity index (χ2v) is 5.69. The molecule has 0 saturated carbocycles. The van der Waals surface area contributed by atoms with Gasteiger partial charge in [0.25, 0.3) is 5.91 Å². The van der Waals surface area contributed by atoms with Gasteiger partial charge in [-0.3, -0.25) is 19.2 Å². The largest absolute Gasteiger partial charge is 0.481 e. The normalized spacial score (nSPS) is 12.5. The Kier molecular flexibility index (Phi) is 4.22. The lowest BCUT2D eigenvalue weighted by Crippen LogP contribution is -2.28. The summed E-state index contributed by atoms with van der Waals surface area (Å²) in [5.74, 6) is -2.33. The number of hydrogen-bond acceptors (Lipinski definition) is 5. The molecule has 25 heavy (non-hydrogen) atoms. The van der Waals surface area contributed by atoms with Gasteiger partial charge in [-0.1, -0.05) is 24.3 Å². The molecular weight excluding hydrogens is 326 g/mol. The number of carboxylic acids is 1. The van der Waals surface area contributed by atoms with Crippen LogP contribution >= 0.6 is 0 Å². The Morgan fingerprint density at radius 1 is 1.12 bits per heavy atom. The number of carbonyl (C=O) groups excluding carboxylic acids is 3. The fourth-order valence-electron chi connectivity index (χ4n) is 2.86. The summed E-state index contributed by atoms with van der Waals surface area (Å²) in [5.41, 5.74) is 0.484. The number of ketones is 2. The summed E-state index contributed by atoms with van der Waals surface area (Å²) < 4.78 is 5.42. The lowest BCUT2D eigenvalue weighted by molar-refractivity contribution is -0.137. The molecule has 128 valence electrons. The van der Waals surface area contributed by atoms with Crippen LogP contribution in [0.2, 0.25) is 0 Å². The summed E-state index contributed by atoms with van der Waals surface area (Å²) in [6, 6.07) is 6.38. The molecule has 1 aliphatic rings. The highest BCUT2D eigenvalue weighted by Crippen LogP contribution is 2.33. The standard InChI is InChI=1S/C18H15NO6/c1-9-13(18(24)19-8-4-7-12(20)21)14-15(22)10-5-2-3-6-11(10)16(23)17(14)25-9/h2-3,5-6H,4,7-8H2,1H3,(H,19,24)(H,20,21). The van der Waals surface area contributed by atoms with Crippen LogP contribution in [0.25, 0.3) is 0 Å². The van der Waals surface area contributed by atoms with Crippen LogP contribution in [0.4, 0.5) is 0 Å². The number of carboxylic acid groups (broad SMARTS) is 1. The van der Waals surface area contributed by atoms with Crippen LogP contribution in [0.1, 0.15) is 61.0 Å². The minimum atomic E-state index is -0.955. The zero-order chi connectivity index (χ0) is 18.1. The Morgan fingerprint density at radius 2 is 1.76 bits per heavy atom. The molecule has 0 atom stereocenters. The molecule has 1 heterocycles. The van der Waals surface area contributed by atoms with Crippen LogP contribution < -0.4 is 5.32 Å². The van der Waals surface area contributed by atoms with E-state index < -0.39 is 23.4 Å². The molecule has 2 N–H and O–H groups in total. The van der Waals surface area contributed by atoms with Gasteiger partial charge in [-0.2, -0.15) is 0 Å². The van der Waals surface area contributed by atoms with Crippen LogP contribution in [0.3, 0.4) is 0 Å². The lowest BCUT2D eigenvalue weighted by Gasteiger charge is -2.13. The van der Waals surface area contributed by atoms with Crippen LogP contribution in [0.15, 0.2) is 28.7 Å². The van der Waals surface area contributed by atoms with Crippen molar-refractivity contribution in [3.05, 3.63) is 58.0 Å². The van der Waals surface area contributed by atoms with Crippen molar-refractivity contribution < 1.29 is 28.7 Å². The van der Waals surface area contributed by atoms with Gasteiger partial charge in [0.15, 0.2) is 11.5 Å². The minimum absolute atomic E-state index is 0.0261. The average Bonchev–Trinajstić information content (AvgIpc) is 2.94. The molecule has 0 aliphatic heterocycles. The van der Waals surface area contributed by atoms with E-state index >= 15 is 0 Å². The number of benzene rings is 1. The van der Waals surface area contributed by atoms with E-state index in [1.165, 1.54) is 13.0 Å². The summed E-state index contributed by atoms with van der Waals surface area (Å²) in [6.07, 6.45) is 0.184. The van der Waals surface area contributed by atoms with Gasteiger partial charge >= 0.3 is 5.97 Å². The van der Waals surface area contributed by atoms with Crippen molar-refractivity contribution in [3.63, 3.8) is 0 Å². The maximum absolute atomic E-state index is 12.7. The Balaban J connectivity index is 1.92. The molecule has 7 nitrogen and oxygen atoms in total. The van der Waals surface area contributed by atoms with E-state index in [0.717, 1.165) is 0 Å². The minimum Gasteiger partial charge on any atom is -0.481 e. The molecule has 1 amide bonds. The fourth-order valence-corrected chi connectivity index (χ4v) is 2.86. The van der Waals surface area contributed by atoms with Gasteiger partial charge in [-0.15, -0.1) is 0 Å². The number of aliphatic carboxylic acids is 1. The molecule has 7 heteroatoms. The van der Waals surface area contributed by atoms with Crippen molar-refractivity contribution in [2.45, 2.75) is 19.8 Å². The summed E-state index contributed by atoms with van der Waals surface area (Å²) >= 11 is 0. The third-order valence-corrected chi connectivity index (χ3v) is 4.01. The number of nitrogens with one attached hydrogen (secondary N) is 1. The van der Waals surface area contributed by atoms with E-state index in [2.05, 4.69) is 5.32 Å². The number of aryl methyl sites for hydroxylation is 1. The Labute approximate surface area is 142 Å². The molecule has 1 aliphatic carbocycles. The molecular formula is C18H15NO6.